The maximum absolute atomic E-state index is 11.2. The molecule has 0 saturated heterocycles. The molecule has 0 radical (unpaired) electrons. The van der Waals surface area contributed by atoms with Crippen LogP contribution in [0.25, 0.3) is 0 Å². The zero-order valence-electron chi connectivity index (χ0n) is 7.39. The highest BCUT2D eigenvalue weighted by atomic mass is 16.5. The van der Waals surface area contributed by atoms with Gasteiger partial charge in [-0.2, -0.15) is 0 Å². The minimum absolute atomic E-state index is 0.294. The van der Waals surface area contributed by atoms with Gasteiger partial charge >= 0.3 is 5.97 Å². The first-order valence-electron chi connectivity index (χ1n) is 3.75. The summed E-state index contributed by atoms with van der Waals surface area (Å²) in [6.45, 7) is 9.12. The molecule has 3 nitrogen and oxygen atoms in total. The zero-order valence-corrected chi connectivity index (χ0v) is 7.39. The summed E-state index contributed by atoms with van der Waals surface area (Å²) in [4.78, 5) is 14.9. The summed E-state index contributed by atoms with van der Waals surface area (Å²) in [5.74, 6) is -0.294. The van der Waals surface area contributed by atoms with E-state index >= 15 is 0 Å². The van der Waals surface area contributed by atoms with E-state index in [0.717, 1.165) is 0 Å². The molecule has 0 heterocycles. The summed E-state index contributed by atoms with van der Waals surface area (Å²) >= 11 is 0. The van der Waals surface area contributed by atoms with Crippen LogP contribution < -0.4 is 0 Å². The minimum atomic E-state index is -0.754. The van der Waals surface area contributed by atoms with Crippen LogP contribution in [-0.4, -0.2) is 24.8 Å². The molecule has 0 amide bonds. The number of rotatable bonds is 4. The van der Waals surface area contributed by atoms with E-state index in [1.54, 1.807) is 13.8 Å². The van der Waals surface area contributed by atoms with E-state index < -0.39 is 5.54 Å². The standard InChI is InChI=1S/C8H15NO2/c1-5-8(3,9-4)7(10)11-6-2/h4-6H2,1-3H3. The molecule has 0 rings (SSSR count). The summed E-state index contributed by atoms with van der Waals surface area (Å²) in [6, 6.07) is 0. The van der Waals surface area contributed by atoms with E-state index in [0.29, 0.717) is 13.0 Å². The Labute approximate surface area is 67.5 Å². The molecule has 0 aliphatic heterocycles. The van der Waals surface area contributed by atoms with Crippen LogP contribution in [0.2, 0.25) is 0 Å². The third kappa shape index (κ3) is 2.33. The van der Waals surface area contributed by atoms with Gasteiger partial charge in [0.2, 0.25) is 0 Å². The molecule has 0 aromatic rings. The lowest BCUT2D eigenvalue weighted by molar-refractivity contribution is -0.148. The van der Waals surface area contributed by atoms with Crippen LogP contribution in [0.1, 0.15) is 27.2 Å². The van der Waals surface area contributed by atoms with Crippen LogP contribution in [0.3, 0.4) is 0 Å². The second-order valence-corrected chi connectivity index (χ2v) is 2.51. The third-order valence-corrected chi connectivity index (χ3v) is 1.75. The van der Waals surface area contributed by atoms with Crippen LogP contribution in [0, 0.1) is 0 Å². The van der Waals surface area contributed by atoms with Gasteiger partial charge in [-0.25, -0.2) is 4.79 Å². The lowest BCUT2D eigenvalue weighted by Crippen LogP contribution is -2.34. The van der Waals surface area contributed by atoms with Gasteiger partial charge in [-0.15, -0.1) is 0 Å². The van der Waals surface area contributed by atoms with E-state index in [4.69, 9.17) is 4.74 Å². The van der Waals surface area contributed by atoms with Crippen molar-refractivity contribution in [1.82, 2.24) is 0 Å². The predicted molar refractivity (Wildman–Crippen MR) is 44.9 cm³/mol. The van der Waals surface area contributed by atoms with Crippen LogP contribution in [0.4, 0.5) is 0 Å². The van der Waals surface area contributed by atoms with Crippen molar-refractivity contribution in [1.29, 1.82) is 0 Å². The van der Waals surface area contributed by atoms with E-state index in [1.165, 1.54) is 0 Å². The van der Waals surface area contributed by atoms with Gasteiger partial charge in [-0.1, -0.05) is 6.92 Å². The van der Waals surface area contributed by atoms with Crippen molar-refractivity contribution in [3.05, 3.63) is 0 Å². The number of hydrogen-bond donors (Lipinski definition) is 0. The van der Waals surface area contributed by atoms with Crippen molar-refractivity contribution in [3.63, 3.8) is 0 Å². The lowest BCUT2D eigenvalue weighted by atomic mass is 10.0. The Balaban J connectivity index is 4.24. The highest BCUT2D eigenvalue weighted by Crippen LogP contribution is 2.15. The molecule has 0 fully saturated rings. The first-order valence-corrected chi connectivity index (χ1v) is 3.75. The fraction of sp³-hybridized carbons (Fsp3) is 0.750. The monoisotopic (exact) mass is 157 g/mol. The normalized spacial score (nSPS) is 15.2. The fourth-order valence-electron chi connectivity index (χ4n) is 0.607. The van der Waals surface area contributed by atoms with E-state index in [-0.39, 0.29) is 5.97 Å². The Morgan fingerprint density at radius 2 is 2.18 bits per heavy atom. The maximum atomic E-state index is 11.2. The van der Waals surface area contributed by atoms with Crippen molar-refractivity contribution in [3.8, 4) is 0 Å². The summed E-state index contributed by atoms with van der Waals surface area (Å²) in [5, 5.41) is 0. The van der Waals surface area contributed by atoms with Gasteiger partial charge in [-0.3, -0.25) is 4.99 Å². The van der Waals surface area contributed by atoms with Crippen molar-refractivity contribution < 1.29 is 9.53 Å². The Morgan fingerprint density at radius 1 is 1.64 bits per heavy atom. The highest BCUT2D eigenvalue weighted by molar-refractivity contribution is 5.81. The topological polar surface area (TPSA) is 38.7 Å². The number of esters is 1. The van der Waals surface area contributed by atoms with Gasteiger partial charge in [0.1, 0.15) is 0 Å². The highest BCUT2D eigenvalue weighted by Gasteiger charge is 2.30. The second-order valence-electron chi connectivity index (χ2n) is 2.51. The second kappa shape index (κ2) is 4.11. The molecule has 0 bridgehead atoms. The molecule has 64 valence electrons. The first-order chi connectivity index (χ1) is 5.10. The van der Waals surface area contributed by atoms with Gasteiger partial charge in [0.15, 0.2) is 5.54 Å². The molecular formula is C8H15NO2. The van der Waals surface area contributed by atoms with Crippen LogP contribution in [0.5, 0.6) is 0 Å². The third-order valence-electron chi connectivity index (χ3n) is 1.75. The van der Waals surface area contributed by atoms with Crippen molar-refractivity contribution in [2.24, 2.45) is 4.99 Å². The summed E-state index contributed by atoms with van der Waals surface area (Å²) in [7, 11) is 0. The molecule has 0 aromatic carbocycles. The quantitative estimate of drug-likeness (QED) is 0.457. The first kappa shape index (κ1) is 10.1. The van der Waals surface area contributed by atoms with Crippen molar-refractivity contribution in [2.75, 3.05) is 6.61 Å². The Morgan fingerprint density at radius 3 is 2.45 bits per heavy atom. The molecule has 1 atom stereocenters. The number of ether oxygens (including phenoxy) is 1. The van der Waals surface area contributed by atoms with E-state index in [1.807, 2.05) is 6.92 Å². The number of carbonyl (C=O) groups excluding carboxylic acids is 1. The van der Waals surface area contributed by atoms with Gasteiger partial charge < -0.3 is 4.74 Å². The fourth-order valence-corrected chi connectivity index (χ4v) is 0.607. The number of aliphatic imine (C=N–C) groups is 1. The Bertz CT molecular complexity index is 156. The smallest absolute Gasteiger partial charge is 0.333 e. The van der Waals surface area contributed by atoms with Crippen molar-refractivity contribution >= 4 is 12.7 Å². The predicted octanol–water partition coefficient (Wildman–Crippen LogP) is 1.42. The van der Waals surface area contributed by atoms with Gasteiger partial charge in [0.25, 0.3) is 0 Å². The average Bonchev–Trinajstić information content (AvgIpc) is 2.03. The van der Waals surface area contributed by atoms with E-state index in [9.17, 15) is 4.79 Å². The molecule has 0 aliphatic rings. The SMILES string of the molecule is C=NC(C)(CC)C(=O)OCC. The average molecular weight is 157 g/mol. The Kier molecular flexibility index (Phi) is 3.79. The Hall–Kier alpha value is -0.860. The molecule has 11 heavy (non-hydrogen) atoms. The summed E-state index contributed by atoms with van der Waals surface area (Å²) < 4.78 is 4.82. The van der Waals surface area contributed by atoms with Crippen LogP contribution in [-0.2, 0) is 9.53 Å². The largest absolute Gasteiger partial charge is 0.464 e. The number of nitrogens with zero attached hydrogens (tertiary/aromatic N) is 1. The van der Waals surface area contributed by atoms with Crippen LogP contribution in [0.15, 0.2) is 4.99 Å². The number of hydrogen-bond acceptors (Lipinski definition) is 3. The summed E-state index contributed by atoms with van der Waals surface area (Å²) in [6.07, 6.45) is 0.620. The molecule has 1 unspecified atom stereocenters. The molecular weight excluding hydrogens is 142 g/mol. The minimum Gasteiger partial charge on any atom is -0.464 e. The molecule has 0 saturated carbocycles. The van der Waals surface area contributed by atoms with E-state index in [2.05, 4.69) is 11.7 Å². The lowest BCUT2D eigenvalue weighted by Gasteiger charge is -2.19. The van der Waals surface area contributed by atoms with Crippen LogP contribution >= 0.6 is 0 Å². The molecule has 3 heteroatoms. The molecule has 0 aromatic heterocycles. The molecule has 0 spiro atoms. The number of carbonyl (C=O) groups is 1. The van der Waals surface area contributed by atoms with Crippen molar-refractivity contribution in [2.45, 2.75) is 32.7 Å². The maximum Gasteiger partial charge on any atom is 0.333 e. The van der Waals surface area contributed by atoms with Gasteiger partial charge in [0, 0.05) is 0 Å². The zero-order chi connectivity index (χ0) is 8.91. The molecule has 0 aliphatic carbocycles. The summed E-state index contributed by atoms with van der Waals surface area (Å²) in [5.41, 5.74) is -0.754. The molecule has 0 N–H and O–H groups in total. The van der Waals surface area contributed by atoms with Gasteiger partial charge in [0.05, 0.1) is 6.61 Å². The van der Waals surface area contributed by atoms with Gasteiger partial charge in [-0.05, 0) is 27.0 Å².